The van der Waals surface area contributed by atoms with Gasteiger partial charge in [-0.2, -0.15) is 0 Å². The zero-order valence-electron chi connectivity index (χ0n) is 10.9. The van der Waals surface area contributed by atoms with Crippen molar-refractivity contribution in [1.29, 1.82) is 0 Å². The van der Waals surface area contributed by atoms with Crippen molar-refractivity contribution >= 4 is 45.1 Å². The van der Waals surface area contributed by atoms with Crippen LogP contribution in [-0.4, -0.2) is 37.2 Å². The maximum Gasteiger partial charge on any atom is 0.322 e. The molecule has 1 heterocycles. The van der Waals surface area contributed by atoms with Gasteiger partial charge in [0.1, 0.15) is 0 Å². The lowest BCUT2D eigenvalue weighted by Gasteiger charge is -2.27. The summed E-state index contributed by atoms with van der Waals surface area (Å²) in [6, 6.07) is 12.0. The highest BCUT2D eigenvalue weighted by molar-refractivity contribution is 14.1. The molecule has 0 unspecified atom stereocenters. The van der Waals surface area contributed by atoms with Gasteiger partial charge in [0.05, 0.1) is 18.9 Å². The summed E-state index contributed by atoms with van der Waals surface area (Å²) < 4.78 is 6.45. The summed E-state index contributed by atoms with van der Waals surface area (Å²) >= 11 is 2.31. The first kappa shape index (κ1) is 13.6. The zero-order chi connectivity index (χ0) is 13.9. The molecule has 20 heavy (non-hydrogen) atoms. The van der Waals surface area contributed by atoms with Gasteiger partial charge in [-0.1, -0.05) is 24.3 Å². The van der Waals surface area contributed by atoms with Crippen LogP contribution in [-0.2, 0) is 4.74 Å². The number of hydrogen-bond donors (Lipinski definition) is 1. The van der Waals surface area contributed by atoms with Crippen LogP contribution in [0, 0.1) is 3.57 Å². The lowest BCUT2D eigenvalue weighted by atomic mass is 10.1. The maximum atomic E-state index is 12.3. The molecule has 104 valence electrons. The van der Waals surface area contributed by atoms with Crippen LogP contribution in [0.2, 0.25) is 0 Å². The van der Waals surface area contributed by atoms with Gasteiger partial charge in [0.15, 0.2) is 0 Å². The Hall–Kier alpha value is -1.34. The number of hydrogen-bond acceptors (Lipinski definition) is 2. The van der Waals surface area contributed by atoms with Gasteiger partial charge in [0, 0.05) is 22.0 Å². The SMILES string of the molecule is O=C(Nc1ccc(I)c2ccccc12)N1CCOCC1. The van der Waals surface area contributed by atoms with Crippen molar-refractivity contribution in [1.82, 2.24) is 4.90 Å². The second-order valence-electron chi connectivity index (χ2n) is 4.67. The Labute approximate surface area is 131 Å². The number of fused-ring (bicyclic) bond motifs is 1. The predicted octanol–water partition coefficient (Wildman–Crippen LogP) is 3.31. The molecule has 2 aromatic carbocycles. The van der Waals surface area contributed by atoms with Crippen molar-refractivity contribution in [3.05, 3.63) is 40.0 Å². The molecule has 2 aromatic rings. The molecule has 0 atom stereocenters. The summed E-state index contributed by atoms with van der Waals surface area (Å²) in [6.45, 7) is 2.52. The Morgan fingerprint density at radius 3 is 2.55 bits per heavy atom. The van der Waals surface area contributed by atoms with Gasteiger partial charge < -0.3 is 15.0 Å². The van der Waals surface area contributed by atoms with Crippen molar-refractivity contribution in [3.63, 3.8) is 0 Å². The first-order valence-electron chi connectivity index (χ1n) is 6.56. The minimum atomic E-state index is -0.0559. The Kier molecular flexibility index (Phi) is 4.07. The summed E-state index contributed by atoms with van der Waals surface area (Å²) in [4.78, 5) is 14.0. The van der Waals surface area contributed by atoms with Crippen LogP contribution in [0.25, 0.3) is 10.8 Å². The summed E-state index contributed by atoms with van der Waals surface area (Å²) in [6.07, 6.45) is 0. The van der Waals surface area contributed by atoms with Gasteiger partial charge in [-0.25, -0.2) is 4.79 Å². The van der Waals surface area contributed by atoms with E-state index in [4.69, 9.17) is 4.74 Å². The normalized spacial score (nSPS) is 15.3. The molecule has 0 bridgehead atoms. The molecule has 5 heteroatoms. The second-order valence-corrected chi connectivity index (χ2v) is 5.83. The van der Waals surface area contributed by atoms with Gasteiger partial charge in [-0.3, -0.25) is 0 Å². The average molecular weight is 382 g/mol. The fourth-order valence-electron chi connectivity index (χ4n) is 2.33. The van der Waals surface area contributed by atoms with Crippen molar-refractivity contribution in [2.24, 2.45) is 0 Å². The minimum absolute atomic E-state index is 0.0559. The van der Waals surface area contributed by atoms with E-state index in [0.29, 0.717) is 26.3 Å². The van der Waals surface area contributed by atoms with E-state index >= 15 is 0 Å². The molecule has 0 aromatic heterocycles. The van der Waals surface area contributed by atoms with Crippen molar-refractivity contribution in [2.45, 2.75) is 0 Å². The van der Waals surface area contributed by atoms with Gasteiger partial charge in [0.25, 0.3) is 0 Å². The van der Waals surface area contributed by atoms with Gasteiger partial charge >= 0.3 is 6.03 Å². The van der Waals surface area contributed by atoms with Gasteiger partial charge in [-0.05, 0) is 40.1 Å². The number of benzene rings is 2. The molecule has 1 aliphatic heterocycles. The number of nitrogens with one attached hydrogen (secondary N) is 1. The van der Waals surface area contributed by atoms with Crippen LogP contribution in [0.1, 0.15) is 0 Å². The molecule has 1 N–H and O–H groups in total. The lowest BCUT2D eigenvalue weighted by molar-refractivity contribution is 0.0565. The number of morpholine rings is 1. The fourth-order valence-corrected chi connectivity index (χ4v) is 2.98. The van der Waals surface area contributed by atoms with Crippen molar-refractivity contribution < 1.29 is 9.53 Å². The highest BCUT2D eigenvalue weighted by Gasteiger charge is 2.17. The molecular formula is C15H15IN2O2. The number of ether oxygens (including phenoxy) is 1. The number of urea groups is 1. The monoisotopic (exact) mass is 382 g/mol. The maximum absolute atomic E-state index is 12.3. The smallest absolute Gasteiger partial charge is 0.322 e. The van der Waals surface area contributed by atoms with E-state index in [1.165, 1.54) is 3.57 Å². The summed E-state index contributed by atoms with van der Waals surface area (Å²) in [7, 11) is 0. The van der Waals surface area contributed by atoms with Gasteiger partial charge in [0.2, 0.25) is 0 Å². The fraction of sp³-hybridized carbons (Fsp3) is 0.267. The number of rotatable bonds is 1. The predicted molar refractivity (Wildman–Crippen MR) is 88.1 cm³/mol. The first-order valence-corrected chi connectivity index (χ1v) is 7.64. The molecule has 1 fully saturated rings. The molecule has 0 spiro atoms. The largest absolute Gasteiger partial charge is 0.378 e. The Balaban J connectivity index is 1.87. The van der Waals surface area contributed by atoms with Gasteiger partial charge in [-0.15, -0.1) is 0 Å². The summed E-state index contributed by atoms with van der Waals surface area (Å²) in [5.41, 5.74) is 0.859. The molecular weight excluding hydrogens is 367 g/mol. The quantitative estimate of drug-likeness (QED) is 0.770. The topological polar surface area (TPSA) is 41.6 Å². The van der Waals surface area contributed by atoms with E-state index in [9.17, 15) is 4.79 Å². The standard InChI is InChI=1S/C15H15IN2O2/c16-13-5-6-14(12-4-2-1-3-11(12)13)17-15(19)18-7-9-20-10-8-18/h1-6H,7-10H2,(H,17,19). The van der Waals surface area contributed by atoms with Crippen LogP contribution in [0.4, 0.5) is 10.5 Å². The molecule has 3 rings (SSSR count). The van der Waals surface area contributed by atoms with E-state index in [2.05, 4.69) is 34.0 Å². The highest BCUT2D eigenvalue weighted by atomic mass is 127. The molecule has 0 saturated carbocycles. The Morgan fingerprint density at radius 2 is 1.80 bits per heavy atom. The molecule has 1 aliphatic rings. The number of nitrogens with zero attached hydrogens (tertiary/aromatic N) is 1. The van der Waals surface area contributed by atoms with E-state index < -0.39 is 0 Å². The number of carbonyl (C=O) groups is 1. The van der Waals surface area contributed by atoms with E-state index in [-0.39, 0.29) is 6.03 Å². The van der Waals surface area contributed by atoms with Crippen LogP contribution < -0.4 is 5.32 Å². The van der Waals surface area contributed by atoms with E-state index in [0.717, 1.165) is 16.5 Å². The van der Waals surface area contributed by atoms with E-state index in [1.54, 1.807) is 4.90 Å². The number of anilines is 1. The number of halogens is 1. The second kappa shape index (κ2) is 5.97. The summed E-state index contributed by atoms with van der Waals surface area (Å²) in [5, 5.41) is 5.24. The third kappa shape index (κ3) is 2.73. The molecule has 0 aliphatic carbocycles. The lowest BCUT2D eigenvalue weighted by Crippen LogP contribution is -2.43. The molecule has 2 amide bonds. The Morgan fingerprint density at radius 1 is 1.10 bits per heavy atom. The highest BCUT2D eigenvalue weighted by Crippen LogP contribution is 2.27. The third-order valence-corrected chi connectivity index (χ3v) is 4.35. The third-order valence-electron chi connectivity index (χ3n) is 3.41. The van der Waals surface area contributed by atoms with Crippen LogP contribution in [0.15, 0.2) is 36.4 Å². The van der Waals surface area contributed by atoms with Crippen LogP contribution in [0.3, 0.4) is 0 Å². The van der Waals surface area contributed by atoms with Crippen molar-refractivity contribution in [3.8, 4) is 0 Å². The van der Waals surface area contributed by atoms with Crippen LogP contribution in [0.5, 0.6) is 0 Å². The number of amides is 2. The summed E-state index contributed by atoms with van der Waals surface area (Å²) in [5.74, 6) is 0. The zero-order valence-corrected chi connectivity index (χ0v) is 13.1. The van der Waals surface area contributed by atoms with Crippen molar-refractivity contribution in [2.75, 3.05) is 31.6 Å². The minimum Gasteiger partial charge on any atom is -0.378 e. The average Bonchev–Trinajstić information content (AvgIpc) is 2.51. The first-order chi connectivity index (χ1) is 9.75. The molecule has 1 saturated heterocycles. The molecule has 4 nitrogen and oxygen atoms in total. The van der Waals surface area contributed by atoms with E-state index in [1.807, 2.05) is 30.3 Å². The number of carbonyl (C=O) groups excluding carboxylic acids is 1. The van der Waals surface area contributed by atoms with Crippen LogP contribution >= 0.6 is 22.6 Å². The Bertz CT molecular complexity index is 639. The molecule has 0 radical (unpaired) electrons.